The van der Waals surface area contributed by atoms with Crippen LogP contribution in [0.5, 0.6) is 0 Å². The van der Waals surface area contributed by atoms with Gasteiger partial charge in [0.15, 0.2) is 0 Å². The molecule has 118 valence electrons. The van der Waals surface area contributed by atoms with Crippen LogP contribution in [0.4, 0.5) is 5.82 Å². The van der Waals surface area contributed by atoms with Crippen LogP contribution in [0.25, 0.3) is 10.2 Å². The van der Waals surface area contributed by atoms with Gasteiger partial charge in [0.2, 0.25) is 0 Å². The normalized spacial score (nSPS) is 24.0. The lowest BCUT2D eigenvalue weighted by Gasteiger charge is -2.26. The number of thiophene rings is 1. The molecule has 0 N–H and O–H groups in total. The van der Waals surface area contributed by atoms with E-state index in [9.17, 15) is 0 Å². The summed E-state index contributed by atoms with van der Waals surface area (Å²) in [5, 5.41) is 2.18. The predicted molar refractivity (Wildman–Crippen MR) is 89.8 cm³/mol. The van der Waals surface area contributed by atoms with Crippen LogP contribution in [-0.2, 0) is 4.74 Å². The molecule has 4 heterocycles. The summed E-state index contributed by atoms with van der Waals surface area (Å²) in [4.78, 5) is 14.1. The molecule has 6 heteroatoms. The third kappa shape index (κ3) is 2.59. The molecule has 1 unspecified atom stereocenters. The second kappa shape index (κ2) is 6.10. The molecular formula is C16H22N4OS. The lowest BCUT2D eigenvalue weighted by atomic mass is 10.2. The Hall–Kier alpha value is -1.24. The monoisotopic (exact) mass is 318 g/mol. The maximum absolute atomic E-state index is 5.55. The van der Waals surface area contributed by atoms with Gasteiger partial charge in [-0.2, -0.15) is 0 Å². The molecule has 4 rings (SSSR count). The van der Waals surface area contributed by atoms with E-state index in [1.165, 1.54) is 29.6 Å². The number of fused-ring (bicyclic) bond motifs is 1. The predicted octanol–water partition coefficient (Wildman–Crippen LogP) is 2.30. The Balaban J connectivity index is 1.55. The zero-order valence-corrected chi connectivity index (χ0v) is 13.8. The molecule has 2 saturated heterocycles. The van der Waals surface area contributed by atoms with E-state index in [0.717, 1.165) is 44.2 Å². The van der Waals surface area contributed by atoms with Gasteiger partial charge in [-0.25, -0.2) is 9.97 Å². The number of ether oxygens (including phenoxy) is 1. The van der Waals surface area contributed by atoms with Crippen molar-refractivity contribution in [2.75, 3.05) is 44.3 Å². The molecule has 22 heavy (non-hydrogen) atoms. The van der Waals surface area contributed by atoms with Crippen molar-refractivity contribution < 1.29 is 4.74 Å². The van der Waals surface area contributed by atoms with E-state index in [1.54, 1.807) is 17.7 Å². The van der Waals surface area contributed by atoms with Crippen LogP contribution in [0.3, 0.4) is 0 Å². The number of hydrogen-bond donors (Lipinski definition) is 0. The van der Waals surface area contributed by atoms with E-state index in [4.69, 9.17) is 4.74 Å². The quantitative estimate of drug-likeness (QED) is 0.850. The van der Waals surface area contributed by atoms with Crippen molar-refractivity contribution in [3.63, 3.8) is 0 Å². The minimum atomic E-state index is 0.620. The van der Waals surface area contributed by atoms with Crippen LogP contribution in [-0.4, -0.2) is 60.3 Å². The van der Waals surface area contributed by atoms with Gasteiger partial charge < -0.3 is 9.64 Å². The fraction of sp³-hybridized carbons (Fsp3) is 0.625. The second-order valence-electron chi connectivity index (χ2n) is 6.19. The van der Waals surface area contributed by atoms with Crippen LogP contribution < -0.4 is 4.90 Å². The van der Waals surface area contributed by atoms with Gasteiger partial charge in [-0.05, 0) is 30.7 Å². The molecule has 2 aliphatic rings. The van der Waals surface area contributed by atoms with Crippen molar-refractivity contribution in [3.8, 4) is 0 Å². The van der Waals surface area contributed by atoms with Crippen molar-refractivity contribution in [2.24, 2.45) is 0 Å². The minimum Gasteiger partial charge on any atom is -0.380 e. The summed E-state index contributed by atoms with van der Waals surface area (Å²) in [6.45, 7) is 8.34. The number of hydrogen-bond acceptors (Lipinski definition) is 6. The minimum absolute atomic E-state index is 0.620. The summed E-state index contributed by atoms with van der Waals surface area (Å²) in [5.41, 5.74) is 2.36. The molecule has 0 amide bonds. The lowest BCUT2D eigenvalue weighted by Crippen LogP contribution is -2.38. The van der Waals surface area contributed by atoms with Gasteiger partial charge in [-0.3, -0.25) is 4.90 Å². The first kappa shape index (κ1) is 14.4. The van der Waals surface area contributed by atoms with Gasteiger partial charge >= 0.3 is 0 Å². The molecule has 0 aromatic carbocycles. The van der Waals surface area contributed by atoms with Crippen molar-refractivity contribution in [1.29, 1.82) is 0 Å². The van der Waals surface area contributed by atoms with E-state index in [2.05, 4.69) is 32.1 Å². The van der Waals surface area contributed by atoms with Gasteiger partial charge in [0.1, 0.15) is 12.1 Å². The van der Waals surface area contributed by atoms with Crippen LogP contribution >= 0.6 is 11.3 Å². The van der Waals surface area contributed by atoms with Crippen LogP contribution in [0, 0.1) is 6.92 Å². The summed E-state index contributed by atoms with van der Waals surface area (Å²) in [7, 11) is 0. The Morgan fingerprint density at radius 1 is 1.23 bits per heavy atom. The number of rotatable bonds is 2. The highest BCUT2D eigenvalue weighted by molar-refractivity contribution is 7.18. The van der Waals surface area contributed by atoms with E-state index in [0.29, 0.717) is 6.04 Å². The van der Waals surface area contributed by atoms with Crippen molar-refractivity contribution >= 4 is 27.4 Å². The molecule has 0 spiro atoms. The third-order valence-corrected chi connectivity index (χ3v) is 5.85. The van der Waals surface area contributed by atoms with E-state index < -0.39 is 0 Å². The topological polar surface area (TPSA) is 41.5 Å². The highest BCUT2D eigenvalue weighted by Crippen LogP contribution is 2.31. The highest BCUT2D eigenvalue weighted by Gasteiger charge is 2.26. The SMILES string of the molecule is Cc1csc2c(N3CCCN(C4CCOC4)CC3)ncnc12. The van der Waals surface area contributed by atoms with Crippen molar-refractivity contribution in [1.82, 2.24) is 14.9 Å². The first-order chi connectivity index (χ1) is 10.8. The molecule has 0 bridgehead atoms. The summed E-state index contributed by atoms with van der Waals surface area (Å²) in [6.07, 6.45) is 4.08. The fourth-order valence-electron chi connectivity index (χ4n) is 3.51. The van der Waals surface area contributed by atoms with Crippen LogP contribution in [0.15, 0.2) is 11.7 Å². The molecule has 2 aromatic rings. The highest BCUT2D eigenvalue weighted by atomic mass is 32.1. The average molecular weight is 318 g/mol. The largest absolute Gasteiger partial charge is 0.380 e. The molecule has 0 aliphatic carbocycles. The number of aromatic nitrogens is 2. The van der Waals surface area contributed by atoms with Gasteiger partial charge in [-0.1, -0.05) is 0 Å². The maximum Gasteiger partial charge on any atom is 0.150 e. The van der Waals surface area contributed by atoms with E-state index in [1.807, 2.05) is 0 Å². The Morgan fingerprint density at radius 3 is 3.05 bits per heavy atom. The molecule has 2 fully saturated rings. The zero-order valence-electron chi connectivity index (χ0n) is 13.0. The molecule has 5 nitrogen and oxygen atoms in total. The molecule has 1 atom stereocenters. The Bertz CT molecular complexity index is 653. The number of aryl methyl sites for hydroxylation is 1. The average Bonchev–Trinajstić information content (AvgIpc) is 3.13. The van der Waals surface area contributed by atoms with Crippen LogP contribution in [0.1, 0.15) is 18.4 Å². The van der Waals surface area contributed by atoms with Gasteiger partial charge in [0, 0.05) is 38.8 Å². The van der Waals surface area contributed by atoms with Gasteiger partial charge in [0.05, 0.1) is 16.8 Å². The first-order valence-electron chi connectivity index (χ1n) is 8.08. The smallest absolute Gasteiger partial charge is 0.150 e. The Morgan fingerprint density at radius 2 is 2.18 bits per heavy atom. The maximum atomic E-state index is 5.55. The molecular weight excluding hydrogens is 296 g/mol. The number of nitrogens with zero attached hydrogens (tertiary/aromatic N) is 4. The summed E-state index contributed by atoms with van der Waals surface area (Å²) in [6, 6.07) is 0.620. The van der Waals surface area contributed by atoms with Crippen LogP contribution in [0.2, 0.25) is 0 Å². The standard InChI is InChI=1S/C16H22N4OS/c1-12-10-22-15-14(12)17-11-18-16(15)20-5-2-4-19(6-7-20)13-3-8-21-9-13/h10-11,13H,2-9H2,1H3. The van der Waals surface area contributed by atoms with E-state index >= 15 is 0 Å². The van der Waals surface area contributed by atoms with Crippen molar-refractivity contribution in [3.05, 3.63) is 17.3 Å². The number of anilines is 1. The Labute approximate surface area is 134 Å². The second-order valence-corrected chi connectivity index (χ2v) is 7.07. The Kier molecular flexibility index (Phi) is 3.98. The van der Waals surface area contributed by atoms with E-state index in [-0.39, 0.29) is 0 Å². The first-order valence-corrected chi connectivity index (χ1v) is 8.96. The fourth-order valence-corrected chi connectivity index (χ4v) is 4.53. The zero-order chi connectivity index (χ0) is 14.9. The van der Waals surface area contributed by atoms with Gasteiger partial charge in [0.25, 0.3) is 0 Å². The molecule has 0 radical (unpaired) electrons. The summed E-state index contributed by atoms with van der Waals surface area (Å²) in [5.74, 6) is 1.12. The van der Waals surface area contributed by atoms with Gasteiger partial charge in [-0.15, -0.1) is 11.3 Å². The summed E-state index contributed by atoms with van der Waals surface area (Å²) < 4.78 is 6.78. The molecule has 2 aromatic heterocycles. The summed E-state index contributed by atoms with van der Waals surface area (Å²) >= 11 is 1.77. The molecule has 0 saturated carbocycles. The van der Waals surface area contributed by atoms with Crippen molar-refractivity contribution in [2.45, 2.75) is 25.8 Å². The third-order valence-electron chi connectivity index (χ3n) is 4.76. The lowest BCUT2D eigenvalue weighted by molar-refractivity contribution is 0.148. The molecule has 2 aliphatic heterocycles.